The first-order valence-electron chi connectivity index (χ1n) is 18.0. The minimum atomic E-state index is -3.87. The van der Waals surface area contributed by atoms with Gasteiger partial charge in [-0.1, -0.05) is 35.9 Å². The SMILES string of the molecule is Cc1nccnc1-c1ccc2c(=O)n(-c3ccc(Cl)c4c(NS(C)(=O)=O)nn(C)c34)c([C@H](Cc3cc(F)cc(F)c3)NC(=O)Cn3nc(C(F)F)c4ccccc43)nc2c1. The minimum absolute atomic E-state index is 0.0635. The number of anilines is 1. The fraction of sp³-hybridized carbons (Fsp3) is 0.175. The number of benzene rings is 4. The van der Waals surface area contributed by atoms with Gasteiger partial charge in [0.2, 0.25) is 15.9 Å². The zero-order chi connectivity index (χ0) is 42.6. The van der Waals surface area contributed by atoms with Gasteiger partial charge in [0.1, 0.15) is 29.7 Å². The van der Waals surface area contributed by atoms with E-state index in [2.05, 4.69) is 30.2 Å². The van der Waals surface area contributed by atoms with Crippen molar-refractivity contribution >= 4 is 66.1 Å². The number of halogens is 5. The van der Waals surface area contributed by atoms with Gasteiger partial charge < -0.3 is 5.32 Å². The summed E-state index contributed by atoms with van der Waals surface area (Å²) in [7, 11) is -2.37. The number of fused-ring (bicyclic) bond motifs is 3. The smallest absolute Gasteiger partial charge is 0.282 e. The molecule has 2 N–H and O–H groups in total. The topological polar surface area (TPSA) is 172 Å². The number of para-hydroxylation sites is 1. The number of alkyl halides is 2. The fourth-order valence-electron chi connectivity index (χ4n) is 7.28. The number of hydrogen-bond acceptors (Lipinski definition) is 9. The maximum Gasteiger partial charge on any atom is 0.282 e. The molecule has 306 valence electrons. The largest absolute Gasteiger partial charge is 0.344 e. The standard InChI is InChI=1S/C40H31ClF4N10O4S/c1-20-34(47-13-12-46-20)22-8-9-25-28(17-22)49-39(55(40(25)57)31-11-10-27(41)33-36(31)53(2)51-38(33)52-60(3,58)59)29(16-21-14-23(42)18-24(43)15-21)48-32(56)19-54-30-7-5-4-6-26(30)35(50-54)37(44)45/h4-15,17-18,29,37H,16,19H2,1-3H3,(H,48,56)(H,51,52)/t29-/m0/s1. The molecule has 1 amide bonds. The molecular formula is C40H31ClF4N10O4S. The molecule has 0 aliphatic carbocycles. The summed E-state index contributed by atoms with van der Waals surface area (Å²) in [6.07, 6.45) is 0.679. The van der Waals surface area contributed by atoms with Gasteiger partial charge in [-0.15, -0.1) is 0 Å². The van der Waals surface area contributed by atoms with E-state index in [0.29, 0.717) is 23.0 Å². The molecule has 0 saturated heterocycles. The van der Waals surface area contributed by atoms with Crippen molar-refractivity contribution in [2.24, 2.45) is 7.05 Å². The predicted octanol–water partition coefficient (Wildman–Crippen LogP) is 6.73. The van der Waals surface area contributed by atoms with Crippen molar-refractivity contribution in [3.8, 4) is 16.9 Å². The van der Waals surface area contributed by atoms with Gasteiger partial charge in [0, 0.05) is 42.9 Å². The molecule has 14 nitrogen and oxygen atoms in total. The lowest BCUT2D eigenvalue weighted by Gasteiger charge is -2.24. The number of amides is 1. The number of nitrogens with zero attached hydrogens (tertiary/aromatic N) is 8. The third-order valence-corrected chi connectivity index (χ3v) is 10.6. The minimum Gasteiger partial charge on any atom is -0.344 e. The van der Waals surface area contributed by atoms with Gasteiger partial charge >= 0.3 is 0 Å². The van der Waals surface area contributed by atoms with Crippen LogP contribution < -0.4 is 15.6 Å². The van der Waals surface area contributed by atoms with Crippen LogP contribution in [0, 0.1) is 18.6 Å². The third kappa shape index (κ3) is 7.63. The molecule has 0 bridgehead atoms. The Morgan fingerprint density at radius 2 is 1.67 bits per heavy atom. The number of carbonyl (C=O) groups is 1. The van der Waals surface area contributed by atoms with Crippen molar-refractivity contribution in [2.75, 3.05) is 11.0 Å². The quantitative estimate of drug-likeness (QED) is 0.134. The Morgan fingerprint density at radius 1 is 0.933 bits per heavy atom. The van der Waals surface area contributed by atoms with E-state index < -0.39 is 57.8 Å². The monoisotopic (exact) mass is 858 g/mol. The molecule has 4 aromatic carbocycles. The van der Waals surface area contributed by atoms with E-state index in [4.69, 9.17) is 16.6 Å². The van der Waals surface area contributed by atoms with Crippen molar-refractivity contribution in [2.45, 2.75) is 32.4 Å². The predicted molar refractivity (Wildman–Crippen MR) is 216 cm³/mol. The molecule has 0 radical (unpaired) electrons. The van der Waals surface area contributed by atoms with Gasteiger partial charge in [-0.3, -0.25) is 38.2 Å². The summed E-state index contributed by atoms with van der Waals surface area (Å²) in [5.41, 5.74) is 1.17. The van der Waals surface area contributed by atoms with E-state index in [-0.39, 0.29) is 67.0 Å². The molecule has 1 atom stereocenters. The first-order chi connectivity index (χ1) is 28.6. The average molecular weight is 859 g/mol. The van der Waals surface area contributed by atoms with E-state index in [1.54, 1.807) is 37.3 Å². The summed E-state index contributed by atoms with van der Waals surface area (Å²) in [5.74, 6) is -2.88. The van der Waals surface area contributed by atoms with Crippen molar-refractivity contribution < 1.29 is 30.8 Å². The Bertz CT molecular complexity index is 3190. The van der Waals surface area contributed by atoms with Crippen LogP contribution in [0.25, 0.3) is 49.7 Å². The normalized spacial score (nSPS) is 12.5. The van der Waals surface area contributed by atoms with Crippen LogP contribution in [0.4, 0.5) is 23.4 Å². The molecular weight excluding hydrogens is 828 g/mol. The van der Waals surface area contributed by atoms with E-state index in [1.165, 1.54) is 53.0 Å². The lowest BCUT2D eigenvalue weighted by atomic mass is 10.0. The van der Waals surface area contributed by atoms with Gasteiger partial charge in [0.25, 0.3) is 12.0 Å². The van der Waals surface area contributed by atoms with Crippen LogP contribution in [-0.4, -0.2) is 59.7 Å². The number of aromatic nitrogens is 8. The Morgan fingerprint density at radius 3 is 2.38 bits per heavy atom. The van der Waals surface area contributed by atoms with Crippen molar-refractivity contribution in [3.63, 3.8) is 0 Å². The summed E-state index contributed by atoms with van der Waals surface area (Å²) in [5, 5.41) is 11.6. The van der Waals surface area contributed by atoms with Crippen LogP contribution in [0.15, 0.2) is 90.0 Å². The first kappa shape index (κ1) is 40.1. The molecule has 0 spiro atoms. The first-order valence-corrected chi connectivity index (χ1v) is 20.3. The Kier molecular flexibility index (Phi) is 10.3. The molecule has 4 aromatic heterocycles. The van der Waals surface area contributed by atoms with Gasteiger partial charge in [-0.25, -0.2) is 31.0 Å². The highest BCUT2D eigenvalue weighted by atomic mass is 35.5. The Balaban J connectivity index is 1.37. The number of rotatable bonds is 11. The van der Waals surface area contributed by atoms with Crippen LogP contribution in [-0.2, 0) is 34.8 Å². The Labute approximate surface area is 342 Å². The van der Waals surface area contributed by atoms with Crippen molar-refractivity contribution in [3.05, 3.63) is 135 Å². The molecule has 0 aliphatic heterocycles. The maximum atomic E-state index is 15.0. The summed E-state index contributed by atoms with van der Waals surface area (Å²) < 4.78 is 88.2. The van der Waals surface area contributed by atoms with E-state index in [9.17, 15) is 35.6 Å². The zero-order valence-corrected chi connectivity index (χ0v) is 33.2. The zero-order valence-electron chi connectivity index (χ0n) is 31.7. The summed E-state index contributed by atoms with van der Waals surface area (Å²) in [4.78, 5) is 42.8. The number of sulfonamides is 1. The molecule has 0 saturated carbocycles. The van der Waals surface area contributed by atoms with Crippen LogP contribution in [0.2, 0.25) is 5.02 Å². The molecule has 0 unspecified atom stereocenters. The second-order valence-corrected chi connectivity index (χ2v) is 16.1. The molecule has 60 heavy (non-hydrogen) atoms. The highest BCUT2D eigenvalue weighted by molar-refractivity contribution is 7.92. The molecule has 20 heteroatoms. The third-order valence-electron chi connectivity index (χ3n) is 9.68. The highest BCUT2D eigenvalue weighted by Crippen LogP contribution is 2.36. The lowest BCUT2D eigenvalue weighted by molar-refractivity contribution is -0.122. The van der Waals surface area contributed by atoms with Crippen LogP contribution in [0.1, 0.15) is 35.2 Å². The number of aryl methyl sites for hydroxylation is 2. The van der Waals surface area contributed by atoms with Gasteiger partial charge in [0.15, 0.2) is 5.82 Å². The second-order valence-electron chi connectivity index (χ2n) is 13.9. The van der Waals surface area contributed by atoms with Crippen LogP contribution >= 0.6 is 11.6 Å². The number of hydrogen-bond donors (Lipinski definition) is 2. The van der Waals surface area contributed by atoms with E-state index >= 15 is 0 Å². The average Bonchev–Trinajstić information content (AvgIpc) is 3.71. The highest BCUT2D eigenvalue weighted by Gasteiger charge is 2.29. The van der Waals surface area contributed by atoms with Gasteiger partial charge in [-0.05, 0) is 55.0 Å². The molecule has 0 aliphatic rings. The Hall–Kier alpha value is -6.73. The van der Waals surface area contributed by atoms with E-state index in [1.807, 2.05) is 0 Å². The molecule has 4 heterocycles. The van der Waals surface area contributed by atoms with Crippen molar-refractivity contribution in [1.29, 1.82) is 0 Å². The summed E-state index contributed by atoms with van der Waals surface area (Å²) >= 11 is 6.65. The maximum absolute atomic E-state index is 15.0. The summed E-state index contributed by atoms with van der Waals surface area (Å²) in [6, 6.07) is 15.3. The lowest BCUT2D eigenvalue weighted by Crippen LogP contribution is -2.37. The number of nitrogens with one attached hydrogen (secondary N) is 2. The molecule has 8 aromatic rings. The van der Waals surface area contributed by atoms with Gasteiger partial charge in [0.05, 0.1) is 61.7 Å². The van der Waals surface area contributed by atoms with Crippen LogP contribution in [0.3, 0.4) is 0 Å². The summed E-state index contributed by atoms with van der Waals surface area (Å²) in [6.45, 7) is 1.18. The van der Waals surface area contributed by atoms with E-state index in [0.717, 1.165) is 23.1 Å². The molecule has 0 fully saturated rings. The second kappa shape index (κ2) is 15.5. The fourth-order valence-corrected chi connectivity index (χ4v) is 8.01. The van der Waals surface area contributed by atoms with Gasteiger partial charge in [-0.2, -0.15) is 10.2 Å². The van der Waals surface area contributed by atoms with Crippen molar-refractivity contribution in [1.82, 2.24) is 44.4 Å². The molecule has 8 rings (SSSR count). The van der Waals surface area contributed by atoms with Crippen LogP contribution in [0.5, 0.6) is 0 Å². The number of carbonyl (C=O) groups excluding carboxylic acids is 1.